The van der Waals surface area contributed by atoms with Crippen LogP contribution in [-0.2, 0) is 6.61 Å². The Kier molecular flexibility index (Phi) is 5.97. The van der Waals surface area contributed by atoms with E-state index in [-0.39, 0.29) is 0 Å². The predicted molar refractivity (Wildman–Crippen MR) is 127 cm³/mol. The first-order valence-electron chi connectivity index (χ1n) is 9.72. The number of nitriles is 1. The first kappa shape index (κ1) is 19.9. The molecule has 0 spiro atoms. The lowest BCUT2D eigenvalue weighted by molar-refractivity contribution is 0.307. The second kappa shape index (κ2) is 8.98. The summed E-state index contributed by atoms with van der Waals surface area (Å²) in [5.41, 5.74) is 4.65. The van der Waals surface area contributed by atoms with Gasteiger partial charge in [-0.1, -0.05) is 88.2 Å². The van der Waals surface area contributed by atoms with Crippen LogP contribution in [0.2, 0.25) is 0 Å². The van der Waals surface area contributed by atoms with E-state index in [4.69, 9.17) is 4.74 Å². The van der Waals surface area contributed by atoms with Gasteiger partial charge in [0.25, 0.3) is 0 Å². The first-order chi connectivity index (χ1) is 14.6. The molecule has 0 aromatic heterocycles. The molecule has 0 amide bonds. The van der Waals surface area contributed by atoms with Crippen molar-refractivity contribution in [1.29, 1.82) is 5.26 Å². The van der Waals surface area contributed by atoms with Gasteiger partial charge in [-0.15, -0.1) is 0 Å². The zero-order valence-corrected chi connectivity index (χ0v) is 18.2. The quantitative estimate of drug-likeness (QED) is 0.230. The molecule has 0 unspecified atom stereocenters. The van der Waals surface area contributed by atoms with Gasteiger partial charge in [0.15, 0.2) is 0 Å². The average Bonchev–Trinajstić information content (AvgIpc) is 2.77. The Balaban J connectivity index is 1.66. The second-order valence-electron chi connectivity index (χ2n) is 7.14. The smallest absolute Gasteiger partial charge is 0.127 e. The fourth-order valence-electron chi connectivity index (χ4n) is 3.41. The van der Waals surface area contributed by atoms with Gasteiger partial charge in [0.05, 0.1) is 11.6 Å². The molecule has 0 N–H and O–H groups in total. The molecule has 0 aliphatic rings. The van der Waals surface area contributed by atoms with Crippen molar-refractivity contribution < 1.29 is 4.74 Å². The third-order valence-corrected chi connectivity index (χ3v) is 5.51. The van der Waals surface area contributed by atoms with Crippen LogP contribution in [0.3, 0.4) is 0 Å². The second-order valence-corrected chi connectivity index (χ2v) is 8.06. The minimum Gasteiger partial charge on any atom is -0.488 e. The van der Waals surface area contributed by atoms with Gasteiger partial charge >= 0.3 is 0 Å². The standard InChI is InChI=1S/C27H20BrNO/c1-19-9-11-20(12-10-19)24(17-29)15-23-16-25(28)13-14-27(23)30-18-22-7-4-6-21-5-2-3-8-26(21)22/h2-16H,18H2,1H3/b24-15+. The topological polar surface area (TPSA) is 33.0 Å². The Morgan fingerprint density at radius 1 is 0.967 bits per heavy atom. The van der Waals surface area contributed by atoms with E-state index >= 15 is 0 Å². The fraction of sp³-hybridized carbons (Fsp3) is 0.0741. The van der Waals surface area contributed by atoms with E-state index in [9.17, 15) is 5.26 Å². The van der Waals surface area contributed by atoms with Crippen molar-refractivity contribution in [3.63, 3.8) is 0 Å². The number of rotatable bonds is 5. The molecule has 0 saturated heterocycles. The van der Waals surface area contributed by atoms with E-state index in [2.05, 4.69) is 52.3 Å². The number of hydrogen-bond acceptors (Lipinski definition) is 2. The monoisotopic (exact) mass is 453 g/mol. The number of hydrogen-bond donors (Lipinski definition) is 0. The lowest BCUT2D eigenvalue weighted by Gasteiger charge is -2.12. The zero-order valence-electron chi connectivity index (χ0n) is 16.6. The number of ether oxygens (including phenoxy) is 1. The Hall–Kier alpha value is -3.35. The highest BCUT2D eigenvalue weighted by Gasteiger charge is 2.08. The molecule has 4 aromatic carbocycles. The van der Waals surface area contributed by atoms with Crippen LogP contribution in [-0.4, -0.2) is 0 Å². The van der Waals surface area contributed by atoms with Crippen molar-refractivity contribution >= 4 is 38.4 Å². The highest BCUT2D eigenvalue weighted by atomic mass is 79.9. The Labute approximate surface area is 185 Å². The maximum Gasteiger partial charge on any atom is 0.127 e. The summed E-state index contributed by atoms with van der Waals surface area (Å²) in [7, 11) is 0. The van der Waals surface area contributed by atoms with Crippen LogP contribution in [0.25, 0.3) is 22.4 Å². The van der Waals surface area contributed by atoms with Crippen LogP contribution in [0, 0.1) is 18.3 Å². The molecule has 0 radical (unpaired) electrons. The Morgan fingerprint density at radius 2 is 1.73 bits per heavy atom. The third-order valence-electron chi connectivity index (χ3n) is 5.02. The van der Waals surface area contributed by atoms with Crippen molar-refractivity contribution in [3.8, 4) is 11.8 Å². The van der Waals surface area contributed by atoms with E-state index in [0.29, 0.717) is 12.2 Å². The lowest BCUT2D eigenvalue weighted by Crippen LogP contribution is -1.98. The summed E-state index contributed by atoms with van der Waals surface area (Å²) in [5, 5.41) is 12.1. The van der Waals surface area contributed by atoms with Crippen LogP contribution in [0.15, 0.2) is 89.4 Å². The molecule has 0 heterocycles. The van der Waals surface area contributed by atoms with Crippen molar-refractivity contribution in [3.05, 3.63) is 112 Å². The summed E-state index contributed by atoms with van der Waals surface area (Å²) in [6, 6.07) is 30.7. The van der Waals surface area contributed by atoms with E-state index in [1.807, 2.05) is 67.6 Å². The molecule has 30 heavy (non-hydrogen) atoms. The molecule has 0 aliphatic carbocycles. The summed E-state index contributed by atoms with van der Waals surface area (Å²) in [6.07, 6.45) is 1.88. The number of fused-ring (bicyclic) bond motifs is 1. The Bertz CT molecular complexity index is 1260. The molecule has 4 aromatic rings. The molecule has 4 rings (SSSR count). The number of allylic oxidation sites excluding steroid dienone is 1. The molecule has 2 nitrogen and oxygen atoms in total. The van der Waals surface area contributed by atoms with Gasteiger partial charge in [-0.2, -0.15) is 5.26 Å². The molecule has 0 fully saturated rings. The predicted octanol–water partition coefficient (Wildman–Crippen LogP) is 7.55. The highest BCUT2D eigenvalue weighted by Crippen LogP contribution is 2.29. The minimum atomic E-state index is 0.455. The molecule has 0 atom stereocenters. The molecular formula is C27H20BrNO. The zero-order chi connectivity index (χ0) is 20.9. The van der Waals surface area contributed by atoms with E-state index < -0.39 is 0 Å². The summed E-state index contributed by atoms with van der Waals surface area (Å²) in [5.74, 6) is 0.742. The van der Waals surface area contributed by atoms with Crippen molar-refractivity contribution in [2.75, 3.05) is 0 Å². The van der Waals surface area contributed by atoms with Crippen molar-refractivity contribution in [1.82, 2.24) is 0 Å². The van der Waals surface area contributed by atoms with E-state index in [1.54, 1.807) is 0 Å². The van der Waals surface area contributed by atoms with Gasteiger partial charge in [0, 0.05) is 10.0 Å². The van der Waals surface area contributed by atoms with Gasteiger partial charge in [0.2, 0.25) is 0 Å². The third kappa shape index (κ3) is 4.45. The lowest BCUT2D eigenvalue weighted by atomic mass is 10.0. The molecule has 0 bridgehead atoms. The Morgan fingerprint density at radius 3 is 2.53 bits per heavy atom. The molecular weight excluding hydrogens is 434 g/mol. The molecule has 146 valence electrons. The fourth-order valence-corrected chi connectivity index (χ4v) is 3.78. The van der Waals surface area contributed by atoms with E-state index in [1.165, 1.54) is 10.8 Å². The summed E-state index contributed by atoms with van der Waals surface area (Å²) >= 11 is 3.53. The number of benzene rings is 4. The number of halogens is 1. The van der Waals surface area contributed by atoms with Crippen LogP contribution in [0.4, 0.5) is 0 Å². The molecule has 3 heteroatoms. The van der Waals surface area contributed by atoms with Gasteiger partial charge in [0.1, 0.15) is 12.4 Å². The van der Waals surface area contributed by atoms with Crippen LogP contribution in [0.1, 0.15) is 22.3 Å². The van der Waals surface area contributed by atoms with Gasteiger partial charge < -0.3 is 4.74 Å². The molecule has 0 saturated carbocycles. The minimum absolute atomic E-state index is 0.455. The van der Waals surface area contributed by atoms with Crippen LogP contribution in [0.5, 0.6) is 5.75 Å². The van der Waals surface area contributed by atoms with Crippen LogP contribution < -0.4 is 4.74 Å². The van der Waals surface area contributed by atoms with Crippen LogP contribution >= 0.6 is 15.9 Å². The average molecular weight is 454 g/mol. The number of aryl methyl sites for hydroxylation is 1. The van der Waals surface area contributed by atoms with E-state index in [0.717, 1.165) is 32.5 Å². The number of nitrogens with zero attached hydrogens (tertiary/aromatic N) is 1. The summed E-state index contributed by atoms with van der Waals surface area (Å²) in [4.78, 5) is 0. The highest BCUT2D eigenvalue weighted by molar-refractivity contribution is 9.10. The summed E-state index contributed by atoms with van der Waals surface area (Å²) in [6.45, 7) is 2.49. The maximum absolute atomic E-state index is 9.73. The SMILES string of the molecule is Cc1ccc(/C(C#N)=C/c2cc(Br)ccc2OCc2cccc3ccccc23)cc1. The van der Waals surface area contributed by atoms with Crippen molar-refractivity contribution in [2.45, 2.75) is 13.5 Å². The van der Waals surface area contributed by atoms with Gasteiger partial charge in [-0.25, -0.2) is 0 Å². The molecule has 0 aliphatic heterocycles. The van der Waals surface area contributed by atoms with Crippen molar-refractivity contribution in [2.24, 2.45) is 0 Å². The largest absolute Gasteiger partial charge is 0.488 e. The van der Waals surface area contributed by atoms with Gasteiger partial charge in [-0.05, 0) is 53.1 Å². The maximum atomic E-state index is 9.73. The summed E-state index contributed by atoms with van der Waals surface area (Å²) < 4.78 is 7.15. The normalized spacial score (nSPS) is 11.3. The van der Waals surface area contributed by atoms with Gasteiger partial charge in [-0.3, -0.25) is 0 Å². The first-order valence-corrected chi connectivity index (χ1v) is 10.5.